The van der Waals surface area contributed by atoms with E-state index in [1.165, 1.54) is 11.3 Å². The third-order valence-corrected chi connectivity index (χ3v) is 3.01. The third kappa shape index (κ3) is 2.50. The summed E-state index contributed by atoms with van der Waals surface area (Å²) in [5.74, 6) is 0.519. The molecular weight excluding hydrogens is 262 g/mol. The fraction of sp³-hybridized carbons (Fsp3) is 0. The van der Waals surface area contributed by atoms with Crippen molar-refractivity contribution in [3.8, 4) is 11.4 Å². The lowest BCUT2D eigenvalue weighted by Crippen LogP contribution is -2.13. The van der Waals surface area contributed by atoms with Gasteiger partial charge in [0.25, 0.3) is 5.91 Å². The normalized spacial score (nSPS) is 10.3. The summed E-state index contributed by atoms with van der Waals surface area (Å²) in [5, 5.41) is 11.0. The molecule has 2 N–H and O–H groups in total. The molecular formula is C12H9N5OS. The fourth-order valence-corrected chi connectivity index (χ4v) is 2.07. The lowest BCUT2D eigenvalue weighted by molar-refractivity contribution is 0.102. The zero-order valence-corrected chi connectivity index (χ0v) is 10.5. The summed E-state index contributed by atoms with van der Waals surface area (Å²) in [7, 11) is 0. The van der Waals surface area contributed by atoms with Crippen molar-refractivity contribution in [1.29, 1.82) is 0 Å². The number of carbonyl (C=O) groups excluding carboxylic acids is 1. The summed E-state index contributed by atoms with van der Waals surface area (Å²) in [5.41, 5.74) is 2.86. The number of thiazole rings is 1. The Morgan fingerprint density at radius 2 is 2.11 bits per heavy atom. The van der Waals surface area contributed by atoms with Crippen molar-refractivity contribution in [3.05, 3.63) is 46.9 Å². The molecule has 0 spiro atoms. The first-order valence-corrected chi connectivity index (χ1v) is 6.44. The largest absolute Gasteiger partial charge is 0.288 e. The maximum Gasteiger partial charge on any atom is 0.277 e. The van der Waals surface area contributed by atoms with Gasteiger partial charge in [-0.15, -0.1) is 16.4 Å². The van der Waals surface area contributed by atoms with Crippen molar-refractivity contribution < 1.29 is 4.79 Å². The molecule has 0 unspecified atom stereocenters. The summed E-state index contributed by atoms with van der Waals surface area (Å²) >= 11 is 1.36. The molecule has 0 radical (unpaired) electrons. The van der Waals surface area contributed by atoms with Gasteiger partial charge in [-0.3, -0.25) is 15.2 Å². The monoisotopic (exact) mass is 271 g/mol. The highest BCUT2D eigenvalue weighted by Gasteiger charge is 2.11. The predicted molar refractivity (Wildman–Crippen MR) is 71.9 cm³/mol. The number of aromatic amines is 1. The van der Waals surface area contributed by atoms with Gasteiger partial charge in [-0.2, -0.15) is 4.98 Å². The van der Waals surface area contributed by atoms with Crippen molar-refractivity contribution in [1.82, 2.24) is 20.2 Å². The lowest BCUT2D eigenvalue weighted by atomic mass is 10.2. The van der Waals surface area contributed by atoms with Crippen LogP contribution in [-0.4, -0.2) is 26.1 Å². The number of nitrogens with one attached hydrogen (secondary N) is 2. The number of nitrogens with zero attached hydrogens (tertiary/aromatic N) is 3. The Hall–Kier alpha value is -2.54. The topological polar surface area (TPSA) is 83.6 Å². The average molecular weight is 271 g/mol. The van der Waals surface area contributed by atoms with E-state index in [1.807, 2.05) is 30.3 Å². The van der Waals surface area contributed by atoms with E-state index in [1.54, 1.807) is 10.9 Å². The number of hydrogen-bond acceptors (Lipinski definition) is 5. The molecule has 0 saturated carbocycles. The number of amides is 1. The standard InChI is InChI=1S/C12H9N5OS/c18-11(9-6-19-7-13-9)15-12-14-10(16-17-12)8-4-2-1-3-5-8/h1-7H,(H2,14,15,16,17,18). The van der Waals surface area contributed by atoms with Crippen LogP contribution in [0.3, 0.4) is 0 Å². The Morgan fingerprint density at radius 3 is 2.84 bits per heavy atom. The van der Waals surface area contributed by atoms with Crippen LogP contribution in [0.1, 0.15) is 10.5 Å². The number of carbonyl (C=O) groups is 1. The molecule has 2 heterocycles. The highest BCUT2D eigenvalue weighted by molar-refractivity contribution is 7.07. The minimum absolute atomic E-state index is 0.233. The van der Waals surface area contributed by atoms with Gasteiger partial charge in [-0.25, -0.2) is 4.98 Å². The Bertz CT molecular complexity index is 677. The second kappa shape index (κ2) is 4.99. The molecule has 0 aliphatic heterocycles. The van der Waals surface area contributed by atoms with Crippen LogP contribution in [0.15, 0.2) is 41.2 Å². The summed E-state index contributed by atoms with van der Waals surface area (Å²) < 4.78 is 0. The number of anilines is 1. The van der Waals surface area contributed by atoms with Gasteiger partial charge in [0.15, 0.2) is 5.82 Å². The van der Waals surface area contributed by atoms with Crippen molar-refractivity contribution >= 4 is 23.2 Å². The summed E-state index contributed by atoms with van der Waals surface area (Å²) in [6.07, 6.45) is 0. The van der Waals surface area contributed by atoms with Crippen LogP contribution in [0.4, 0.5) is 5.95 Å². The third-order valence-electron chi connectivity index (χ3n) is 2.42. The molecule has 3 aromatic rings. The molecule has 0 fully saturated rings. The minimum Gasteiger partial charge on any atom is -0.288 e. The van der Waals surface area contributed by atoms with Crippen LogP contribution in [-0.2, 0) is 0 Å². The van der Waals surface area contributed by atoms with Crippen LogP contribution in [0.5, 0.6) is 0 Å². The van der Waals surface area contributed by atoms with Gasteiger partial charge in [0.2, 0.25) is 5.95 Å². The Kier molecular flexibility index (Phi) is 3.03. The second-order valence-corrected chi connectivity index (χ2v) is 4.42. The summed E-state index contributed by atoms with van der Waals surface area (Å²) in [6.45, 7) is 0. The van der Waals surface area contributed by atoms with Gasteiger partial charge in [0, 0.05) is 10.9 Å². The van der Waals surface area contributed by atoms with Gasteiger partial charge < -0.3 is 0 Å². The van der Waals surface area contributed by atoms with Gasteiger partial charge in [0.1, 0.15) is 5.69 Å². The molecule has 0 aliphatic rings. The summed E-state index contributed by atoms with van der Waals surface area (Å²) in [4.78, 5) is 19.9. The average Bonchev–Trinajstić information content (AvgIpc) is 3.11. The van der Waals surface area contributed by atoms with Crippen LogP contribution in [0.25, 0.3) is 11.4 Å². The zero-order chi connectivity index (χ0) is 13.1. The molecule has 2 aromatic heterocycles. The Morgan fingerprint density at radius 1 is 1.26 bits per heavy atom. The van der Waals surface area contributed by atoms with E-state index in [4.69, 9.17) is 0 Å². The summed E-state index contributed by atoms with van der Waals surface area (Å²) in [6, 6.07) is 9.56. The van der Waals surface area contributed by atoms with Gasteiger partial charge in [0.05, 0.1) is 5.51 Å². The highest BCUT2D eigenvalue weighted by Crippen LogP contribution is 2.15. The van der Waals surface area contributed by atoms with Crippen molar-refractivity contribution in [2.75, 3.05) is 5.32 Å². The van der Waals surface area contributed by atoms with E-state index >= 15 is 0 Å². The molecule has 19 heavy (non-hydrogen) atoms. The predicted octanol–water partition coefficient (Wildman–Crippen LogP) is 2.18. The van der Waals surface area contributed by atoms with Crippen LogP contribution in [0.2, 0.25) is 0 Å². The zero-order valence-electron chi connectivity index (χ0n) is 9.70. The smallest absolute Gasteiger partial charge is 0.277 e. The second-order valence-electron chi connectivity index (χ2n) is 3.70. The molecule has 0 saturated heterocycles. The van der Waals surface area contributed by atoms with Crippen LogP contribution < -0.4 is 5.32 Å². The fourth-order valence-electron chi connectivity index (χ4n) is 1.53. The Labute approximate surface area is 112 Å². The van der Waals surface area contributed by atoms with Gasteiger partial charge in [-0.05, 0) is 0 Å². The lowest BCUT2D eigenvalue weighted by Gasteiger charge is -1.96. The number of hydrogen-bond donors (Lipinski definition) is 2. The maximum absolute atomic E-state index is 11.8. The quantitative estimate of drug-likeness (QED) is 0.764. The van der Waals surface area contributed by atoms with Crippen LogP contribution in [0, 0.1) is 0 Å². The maximum atomic E-state index is 11.8. The highest BCUT2D eigenvalue weighted by atomic mass is 32.1. The molecule has 7 heteroatoms. The number of rotatable bonds is 3. The van der Waals surface area contributed by atoms with Crippen molar-refractivity contribution in [2.45, 2.75) is 0 Å². The number of H-pyrrole nitrogens is 1. The van der Waals surface area contributed by atoms with Crippen molar-refractivity contribution in [2.24, 2.45) is 0 Å². The van der Waals surface area contributed by atoms with E-state index in [2.05, 4.69) is 25.5 Å². The molecule has 1 amide bonds. The van der Waals surface area contributed by atoms with Crippen molar-refractivity contribution in [3.63, 3.8) is 0 Å². The first-order valence-electron chi connectivity index (χ1n) is 5.50. The Balaban J connectivity index is 1.77. The van der Waals surface area contributed by atoms with Crippen LogP contribution >= 0.6 is 11.3 Å². The first kappa shape index (κ1) is 11.5. The van der Waals surface area contributed by atoms with Gasteiger partial charge in [-0.1, -0.05) is 30.3 Å². The minimum atomic E-state index is -0.320. The van der Waals surface area contributed by atoms with E-state index in [0.29, 0.717) is 11.5 Å². The molecule has 3 rings (SSSR count). The van der Waals surface area contributed by atoms with E-state index in [0.717, 1.165) is 5.56 Å². The van der Waals surface area contributed by atoms with E-state index in [9.17, 15) is 4.79 Å². The number of benzene rings is 1. The molecule has 94 valence electrons. The molecule has 6 nitrogen and oxygen atoms in total. The van der Waals surface area contributed by atoms with E-state index in [-0.39, 0.29) is 11.9 Å². The van der Waals surface area contributed by atoms with E-state index < -0.39 is 0 Å². The molecule has 0 bridgehead atoms. The number of aromatic nitrogens is 4. The SMILES string of the molecule is O=C(Nc1n[nH]c(-c2ccccc2)n1)c1cscn1. The molecule has 0 aliphatic carbocycles. The van der Waals surface area contributed by atoms with Gasteiger partial charge >= 0.3 is 0 Å². The molecule has 0 atom stereocenters. The molecule has 1 aromatic carbocycles. The first-order chi connectivity index (χ1) is 9.33.